The largest absolute Gasteiger partial charge is 0.497 e. The van der Waals surface area contributed by atoms with E-state index in [-0.39, 0.29) is 17.3 Å². The number of benzene rings is 1. The van der Waals surface area contributed by atoms with Gasteiger partial charge < -0.3 is 8.92 Å². The van der Waals surface area contributed by atoms with Crippen molar-refractivity contribution < 1.29 is 21.5 Å². The number of methoxy groups -OCH3 is 1. The van der Waals surface area contributed by atoms with Gasteiger partial charge in [-0.25, -0.2) is 4.21 Å². The quantitative estimate of drug-likeness (QED) is 0.800. The third-order valence-electron chi connectivity index (χ3n) is 2.39. The monoisotopic (exact) mass is 307 g/mol. The average molecular weight is 307 g/mol. The lowest BCUT2D eigenvalue weighted by Crippen LogP contribution is -2.13. The van der Waals surface area contributed by atoms with Gasteiger partial charge in [0.2, 0.25) is 0 Å². The van der Waals surface area contributed by atoms with Crippen molar-refractivity contribution in [2.24, 2.45) is 3.77 Å². The van der Waals surface area contributed by atoms with Crippen molar-refractivity contribution in [3.05, 3.63) is 24.3 Å². The normalized spacial score (nSPS) is 11.9. The van der Waals surface area contributed by atoms with Gasteiger partial charge in [-0.2, -0.15) is 8.42 Å². The van der Waals surface area contributed by atoms with E-state index in [0.29, 0.717) is 5.75 Å². The molecule has 108 valence electrons. The molecule has 0 N–H and O–H groups in total. The second-order valence-electron chi connectivity index (χ2n) is 3.61. The summed E-state index contributed by atoms with van der Waals surface area (Å²) in [5, 5.41) is 0. The van der Waals surface area contributed by atoms with Gasteiger partial charge in [0, 0.05) is 11.5 Å². The van der Waals surface area contributed by atoms with E-state index < -0.39 is 20.0 Å². The summed E-state index contributed by atoms with van der Waals surface area (Å²) < 4.78 is 48.4. The van der Waals surface area contributed by atoms with Gasteiger partial charge in [-0.1, -0.05) is 17.6 Å². The Morgan fingerprint density at radius 2 is 1.47 bits per heavy atom. The Hall–Kier alpha value is -1.28. The van der Waals surface area contributed by atoms with E-state index in [9.17, 15) is 12.6 Å². The fourth-order valence-electron chi connectivity index (χ4n) is 1.24. The molecule has 0 unspecified atom stereocenters. The molecular formula is C11H17NO5S2. The van der Waals surface area contributed by atoms with Crippen LogP contribution >= 0.6 is 0 Å². The molecule has 0 atom stereocenters. The lowest BCUT2D eigenvalue weighted by atomic mass is 10.3. The van der Waals surface area contributed by atoms with Crippen LogP contribution in [0.5, 0.6) is 11.5 Å². The Morgan fingerprint density at radius 1 is 1.00 bits per heavy atom. The zero-order chi connectivity index (χ0) is 14.5. The van der Waals surface area contributed by atoms with Crippen LogP contribution in [0.2, 0.25) is 0 Å². The molecule has 0 heterocycles. The smallest absolute Gasteiger partial charge is 0.436 e. The first kappa shape index (κ1) is 15.8. The van der Waals surface area contributed by atoms with Gasteiger partial charge in [-0.15, -0.1) is 0 Å². The van der Waals surface area contributed by atoms with E-state index in [4.69, 9.17) is 8.92 Å². The maximum absolute atomic E-state index is 12.0. The molecule has 8 heteroatoms. The second kappa shape index (κ2) is 6.25. The van der Waals surface area contributed by atoms with Crippen LogP contribution in [0.25, 0.3) is 0 Å². The predicted octanol–water partition coefficient (Wildman–Crippen LogP) is 1.83. The Labute approximate surface area is 114 Å². The Kier molecular flexibility index (Phi) is 5.19. The number of hydrogen-bond donors (Lipinski definition) is 0. The molecule has 0 aliphatic rings. The molecule has 19 heavy (non-hydrogen) atoms. The van der Waals surface area contributed by atoms with E-state index in [1.165, 1.54) is 19.2 Å². The van der Waals surface area contributed by atoms with Crippen LogP contribution in [-0.2, 0) is 20.0 Å². The number of ether oxygens (including phenoxy) is 1. The van der Waals surface area contributed by atoms with E-state index in [1.807, 2.05) is 0 Å². The predicted molar refractivity (Wildman–Crippen MR) is 74.2 cm³/mol. The summed E-state index contributed by atoms with van der Waals surface area (Å²) in [5.41, 5.74) is 0. The molecule has 1 aromatic rings. The van der Waals surface area contributed by atoms with Crippen molar-refractivity contribution in [1.82, 2.24) is 0 Å². The number of hydrogen-bond acceptors (Lipinski definition) is 5. The van der Waals surface area contributed by atoms with Gasteiger partial charge in [0.15, 0.2) is 0 Å². The fourth-order valence-corrected chi connectivity index (χ4v) is 4.30. The molecule has 0 bridgehead atoms. The topological polar surface area (TPSA) is 82.0 Å². The van der Waals surface area contributed by atoms with Crippen molar-refractivity contribution in [3.8, 4) is 11.5 Å². The Balaban J connectivity index is 3.00. The Bertz CT molecular complexity index is 618. The lowest BCUT2D eigenvalue weighted by molar-refractivity contribution is 0.413. The molecule has 0 aromatic heterocycles. The molecule has 0 aliphatic heterocycles. The van der Waals surface area contributed by atoms with Crippen molar-refractivity contribution in [3.63, 3.8) is 0 Å². The molecule has 1 rings (SSSR count). The maximum atomic E-state index is 12.0. The van der Waals surface area contributed by atoms with Crippen LogP contribution in [0.15, 0.2) is 28.0 Å². The Morgan fingerprint density at radius 3 is 1.89 bits per heavy atom. The summed E-state index contributed by atoms with van der Waals surface area (Å²) in [5.74, 6) is 0.995. The maximum Gasteiger partial charge on any atom is 0.436 e. The van der Waals surface area contributed by atoms with E-state index >= 15 is 0 Å². The third-order valence-corrected chi connectivity index (χ3v) is 6.41. The minimum absolute atomic E-state index is 0.0958. The van der Waals surface area contributed by atoms with Crippen LogP contribution in [0.3, 0.4) is 0 Å². The molecule has 0 amide bonds. The molecule has 0 spiro atoms. The number of rotatable bonds is 6. The highest BCUT2D eigenvalue weighted by Gasteiger charge is 2.16. The highest BCUT2D eigenvalue weighted by atomic mass is 32.3. The average Bonchev–Trinajstić information content (AvgIpc) is 2.38. The van der Waals surface area contributed by atoms with Gasteiger partial charge in [0.1, 0.15) is 11.5 Å². The highest BCUT2D eigenvalue weighted by molar-refractivity contribution is 8.01. The van der Waals surface area contributed by atoms with Gasteiger partial charge >= 0.3 is 10.3 Å². The van der Waals surface area contributed by atoms with Gasteiger partial charge in [-0.05, 0) is 24.3 Å². The standard InChI is InChI=1S/C11H17NO5S2/c1-4-18(13,5-2)12-19(14,15)17-11-8-6-10(16-3)7-9-11/h6-9H,4-5H2,1-3H3. The SMILES string of the molecule is CCS(=O)(CC)=NS(=O)(=O)Oc1ccc(OC)cc1. The molecular weight excluding hydrogens is 290 g/mol. The summed E-state index contributed by atoms with van der Waals surface area (Å²) >= 11 is 0. The minimum Gasteiger partial charge on any atom is -0.497 e. The third kappa shape index (κ3) is 4.71. The van der Waals surface area contributed by atoms with E-state index in [1.54, 1.807) is 26.0 Å². The molecule has 6 nitrogen and oxygen atoms in total. The second-order valence-corrected chi connectivity index (χ2v) is 7.93. The van der Waals surface area contributed by atoms with E-state index in [0.717, 1.165) is 0 Å². The molecule has 0 fully saturated rings. The lowest BCUT2D eigenvalue weighted by Gasteiger charge is -2.06. The molecule has 0 radical (unpaired) electrons. The van der Waals surface area contributed by atoms with Gasteiger partial charge in [0.05, 0.1) is 16.8 Å². The highest BCUT2D eigenvalue weighted by Crippen LogP contribution is 2.19. The molecule has 0 saturated carbocycles. The molecule has 0 aliphatic carbocycles. The minimum atomic E-state index is -4.23. The summed E-state index contributed by atoms with van der Waals surface area (Å²) in [6, 6.07) is 5.99. The summed E-state index contributed by atoms with van der Waals surface area (Å²) in [4.78, 5) is 0. The first-order valence-corrected chi connectivity index (χ1v) is 8.88. The van der Waals surface area contributed by atoms with Crippen molar-refractivity contribution in [2.75, 3.05) is 18.6 Å². The first-order chi connectivity index (χ1) is 8.84. The van der Waals surface area contributed by atoms with Crippen molar-refractivity contribution in [1.29, 1.82) is 0 Å². The van der Waals surface area contributed by atoms with Gasteiger partial charge in [0.25, 0.3) is 0 Å². The van der Waals surface area contributed by atoms with E-state index in [2.05, 4.69) is 3.77 Å². The van der Waals surface area contributed by atoms with Crippen LogP contribution in [0, 0.1) is 0 Å². The first-order valence-electron chi connectivity index (χ1n) is 5.66. The van der Waals surface area contributed by atoms with Crippen LogP contribution in [0.1, 0.15) is 13.8 Å². The van der Waals surface area contributed by atoms with Crippen molar-refractivity contribution in [2.45, 2.75) is 13.8 Å². The van der Waals surface area contributed by atoms with Crippen LogP contribution < -0.4 is 8.92 Å². The van der Waals surface area contributed by atoms with Gasteiger partial charge in [-0.3, -0.25) is 0 Å². The fraction of sp³-hybridized carbons (Fsp3) is 0.455. The molecule has 1 aromatic carbocycles. The summed E-state index contributed by atoms with van der Waals surface area (Å²) in [6.45, 7) is 3.25. The zero-order valence-corrected chi connectivity index (χ0v) is 12.7. The zero-order valence-electron chi connectivity index (χ0n) is 11.0. The van der Waals surface area contributed by atoms with Crippen molar-refractivity contribution >= 4 is 20.0 Å². The number of nitrogens with zero attached hydrogens (tertiary/aromatic N) is 1. The summed E-state index contributed by atoms with van der Waals surface area (Å²) in [7, 11) is -5.50. The summed E-state index contributed by atoms with van der Waals surface area (Å²) in [6.07, 6.45) is 0. The molecule has 0 saturated heterocycles. The van der Waals surface area contributed by atoms with Crippen LogP contribution in [0.4, 0.5) is 0 Å². The van der Waals surface area contributed by atoms with Crippen LogP contribution in [-0.4, -0.2) is 31.2 Å².